The molecule has 7 heteroatoms. The zero-order chi connectivity index (χ0) is 15.3. The molecule has 0 radical (unpaired) electrons. The number of carboxylic acid groups (broad SMARTS) is 1. The molecule has 1 aromatic carbocycles. The van der Waals surface area contributed by atoms with Crippen LogP contribution in [0.5, 0.6) is 0 Å². The first-order chi connectivity index (χ1) is 9.31. The quantitative estimate of drug-likeness (QED) is 0.769. The first-order valence-corrected chi connectivity index (χ1v) is 7.74. The van der Waals surface area contributed by atoms with Gasteiger partial charge in [0.1, 0.15) is 0 Å². The minimum absolute atomic E-state index is 0.144. The number of rotatable bonds is 5. The molecule has 2 amide bonds. The molecule has 0 bridgehead atoms. The molecule has 0 saturated carbocycles. The molecule has 0 aromatic heterocycles. The summed E-state index contributed by atoms with van der Waals surface area (Å²) in [4.78, 5) is 22.8. The smallest absolute Gasteiger partial charge is 0.336 e. The Morgan fingerprint density at radius 1 is 1.40 bits per heavy atom. The fraction of sp³-hybridized carbons (Fsp3) is 0.385. The van der Waals surface area contributed by atoms with Crippen molar-refractivity contribution in [2.45, 2.75) is 19.9 Å². The van der Waals surface area contributed by atoms with E-state index >= 15 is 0 Å². The van der Waals surface area contributed by atoms with Gasteiger partial charge in [0.05, 0.1) is 5.56 Å². The molecule has 0 fully saturated rings. The van der Waals surface area contributed by atoms with Crippen molar-refractivity contribution in [3.63, 3.8) is 0 Å². The van der Waals surface area contributed by atoms with Gasteiger partial charge in [0.2, 0.25) is 0 Å². The van der Waals surface area contributed by atoms with Crippen LogP contribution in [0.2, 0.25) is 0 Å². The molecule has 2 unspecified atom stereocenters. The molecule has 0 aliphatic rings. The highest BCUT2D eigenvalue weighted by atomic mass is 32.2. The van der Waals surface area contributed by atoms with E-state index in [4.69, 9.17) is 5.11 Å². The number of hydrogen-bond acceptors (Lipinski definition) is 3. The molecule has 0 aliphatic carbocycles. The van der Waals surface area contributed by atoms with Crippen LogP contribution in [0.4, 0.5) is 10.5 Å². The van der Waals surface area contributed by atoms with Crippen molar-refractivity contribution in [2.24, 2.45) is 0 Å². The highest BCUT2D eigenvalue weighted by Crippen LogP contribution is 2.18. The van der Waals surface area contributed by atoms with Crippen molar-refractivity contribution in [1.82, 2.24) is 5.32 Å². The predicted molar refractivity (Wildman–Crippen MR) is 78.7 cm³/mol. The lowest BCUT2D eigenvalue weighted by atomic mass is 10.1. The summed E-state index contributed by atoms with van der Waals surface area (Å²) in [6.45, 7) is 3.38. The molecule has 20 heavy (non-hydrogen) atoms. The van der Waals surface area contributed by atoms with E-state index in [2.05, 4.69) is 10.6 Å². The number of carbonyl (C=O) groups excluding carboxylic acids is 1. The third kappa shape index (κ3) is 4.65. The Labute approximate surface area is 120 Å². The normalized spacial score (nSPS) is 13.3. The second-order valence-corrected chi connectivity index (χ2v) is 6.00. The lowest BCUT2D eigenvalue weighted by molar-refractivity contribution is 0.0696. The molecule has 3 N–H and O–H groups in total. The molecular formula is C13H18N2O4S. The first-order valence-electron chi connectivity index (χ1n) is 6.01. The fourth-order valence-electron chi connectivity index (χ4n) is 1.78. The highest BCUT2D eigenvalue weighted by molar-refractivity contribution is 7.84. The second-order valence-electron chi connectivity index (χ2n) is 4.52. The zero-order valence-corrected chi connectivity index (χ0v) is 12.4. The van der Waals surface area contributed by atoms with Gasteiger partial charge in [-0.3, -0.25) is 4.21 Å². The summed E-state index contributed by atoms with van der Waals surface area (Å²) in [5.41, 5.74) is 1.07. The maximum Gasteiger partial charge on any atom is 0.336 e. The van der Waals surface area contributed by atoms with Gasteiger partial charge in [0.15, 0.2) is 0 Å². The third-order valence-electron chi connectivity index (χ3n) is 2.67. The van der Waals surface area contributed by atoms with Gasteiger partial charge in [-0.15, -0.1) is 0 Å². The van der Waals surface area contributed by atoms with Crippen LogP contribution in [-0.4, -0.2) is 39.4 Å². The number of hydrogen-bond donors (Lipinski definition) is 3. The Morgan fingerprint density at radius 2 is 2.05 bits per heavy atom. The van der Waals surface area contributed by atoms with Crippen molar-refractivity contribution in [2.75, 3.05) is 17.3 Å². The third-order valence-corrected chi connectivity index (χ3v) is 3.64. The summed E-state index contributed by atoms with van der Waals surface area (Å²) in [5, 5.41) is 14.2. The van der Waals surface area contributed by atoms with E-state index in [1.54, 1.807) is 32.2 Å². The number of urea groups is 1. The Morgan fingerprint density at radius 3 is 2.60 bits per heavy atom. The van der Waals surface area contributed by atoms with Crippen LogP contribution in [0.25, 0.3) is 0 Å². The van der Waals surface area contributed by atoms with Crippen LogP contribution in [0.3, 0.4) is 0 Å². The second kappa shape index (κ2) is 7.04. The van der Waals surface area contributed by atoms with Crippen LogP contribution in [-0.2, 0) is 10.8 Å². The maximum atomic E-state index is 11.8. The Hall–Kier alpha value is -1.89. The number of carboxylic acids is 1. The Bertz CT molecular complexity index is 545. The molecule has 0 heterocycles. The largest absolute Gasteiger partial charge is 0.478 e. The topological polar surface area (TPSA) is 95.5 Å². The molecule has 6 nitrogen and oxygen atoms in total. The van der Waals surface area contributed by atoms with E-state index in [-0.39, 0.29) is 11.6 Å². The van der Waals surface area contributed by atoms with Gasteiger partial charge in [-0.05, 0) is 31.5 Å². The summed E-state index contributed by atoms with van der Waals surface area (Å²) in [5.74, 6) is -0.678. The lowest BCUT2D eigenvalue weighted by Gasteiger charge is -2.15. The number of aromatic carboxylic acids is 1. The summed E-state index contributed by atoms with van der Waals surface area (Å²) in [6, 6.07) is 3.99. The first kappa shape index (κ1) is 16.2. The molecule has 110 valence electrons. The van der Waals surface area contributed by atoms with E-state index in [1.807, 2.05) is 0 Å². The Balaban J connectivity index is 2.74. The summed E-state index contributed by atoms with van der Waals surface area (Å²) in [6.07, 6.45) is 1.57. The van der Waals surface area contributed by atoms with Crippen LogP contribution in [0, 0.1) is 6.92 Å². The van der Waals surface area contributed by atoms with Gasteiger partial charge >= 0.3 is 12.0 Å². The Kier molecular flexibility index (Phi) is 5.69. The van der Waals surface area contributed by atoms with Crippen molar-refractivity contribution in [1.29, 1.82) is 0 Å². The van der Waals surface area contributed by atoms with Crippen molar-refractivity contribution < 1.29 is 18.9 Å². The van der Waals surface area contributed by atoms with Crippen LogP contribution < -0.4 is 10.6 Å². The average molecular weight is 298 g/mol. The van der Waals surface area contributed by atoms with Crippen LogP contribution >= 0.6 is 0 Å². The summed E-state index contributed by atoms with van der Waals surface area (Å²) < 4.78 is 11.0. The molecule has 0 aliphatic heterocycles. The fourth-order valence-corrected chi connectivity index (χ4v) is 2.57. The van der Waals surface area contributed by atoms with Crippen LogP contribution in [0.15, 0.2) is 18.2 Å². The van der Waals surface area contributed by atoms with Crippen LogP contribution in [0.1, 0.15) is 22.8 Å². The SMILES string of the molecule is Cc1c(NC(=O)NC(C)CS(C)=O)cccc1C(=O)O. The van der Waals surface area contributed by atoms with Gasteiger partial charge in [0, 0.05) is 34.5 Å². The minimum Gasteiger partial charge on any atom is -0.478 e. The number of carbonyl (C=O) groups is 2. The van der Waals surface area contributed by atoms with E-state index in [0.717, 1.165) is 0 Å². The molecule has 0 spiro atoms. The number of nitrogens with one attached hydrogen (secondary N) is 2. The zero-order valence-electron chi connectivity index (χ0n) is 11.6. The van der Waals surface area contributed by atoms with E-state index in [9.17, 15) is 13.8 Å². The minimum atomic E-state index is -1.04. The van der Waals surface area contributed by atoms with Gasteiger partial charge in [-0.2, -0.15) is 0 Å². The summed E-state index contributed by atoms with van der Waals surface area (Å²) in [7, 11) is -0.993. The molecule has 2 atom stereocenters. The summed E-state index contributed by atoms with van der Waals surface area (Å²) >= 11 is 0. The highest BCUT2D eigenvalue weighted by Gasteiger charge is 2.13. The molecule has 0 saturated heterocycles. The van der Waals surface area contributed by atoms with Gasteiger partial charge in [-0.1, -0.05) is 6.07 Å². The van der Waals surface area contributed by atoms with Crippen molar-refractivity contribution in [3.8, 4) is 0 Å². The lowest BCUT2D eigenvalue weighted by Crippen LogP contribution is -2.39. The van der Waals surface area contributed by atoms with E-state index in [1.165, 1.54) is 6.07 Å². The average Bonchev–Trinajstić information content (AvgIpc) is 2.29. The number of amides is 2. The van der Waals surface area contributed by atoms with Gasteiger partial charge < -0.3 is 15.7 Å². The van der Waals surface area contributed by atoms with Crippen molar-refractivity contribution in [3.05, 3.63) is 29.3 Å². The molecular weight excluding hydrogens is 280 g/mol. The maximum absolute atomic E-state index is 11.8. The van der Waals surface area contributed by atoms with E-state index < -0.39 is 22.8 Å². The molecule has 1 aromatic rings. The number of benzene rings is 1. The van der Waals surface area contributed by atoms with Crippen molar-refractivity contribution >= 4 is 28.5 Å². The molecule has 1 rings (SSSR count). The van der Waals surface area contributed by atoms with Gasteiger partial charge in [-0.25, -0.2) is 9.59 Å². The number of anilines is 1. The predicted octanol–water partition coefficient (Wildman–Crippen LogP) is 1.58. The van der Waals surface area contributed by atoms with E-state index in [0.29, 0.717) is 17.0 Å². The van der Waals surface area contributed by atoms with Gasteiger partial charge in [0.25, 0.3) is 0 Å². The standard InChI is InChI=1S/C13H18N2O4S/c1-8(7-20(3)19)14-13(18)15-11-6-4-5-10(9(11)2)12(16)17/h4-6,8H,7H2,1-3H3,(H,16,17)(H2,14,15,18). The monoisotopic (exact) mass is 298 g/mol.